The van der Waals surface area contributed by atoms with Crippen molar-refractivity contribution in [1.82, 2.24) is 0 Å². The molecule has 390 valence electrons. The van der Waals surface area contributed by atoms with Gasteiger partial charge in [-0.2, -0.15) is 23.5 Å². The van der Waals surface area contributed by atoms with Crippen LogP contribution >= 0.6 is 23.5 Å². The van der Waals surface area contributed by atoms with Gasteiger partial charge in [-0.3, -0.25) is 9.59 Å². The van der Waals surface area contributed by atoms with Crippen LogP contribution in [-0.4, -0.2) is 34.8 Å². The summed E-state index contributed by atoms with van der Waals surface area (Å²) >= 11 is 3.80. The smallest absolute Gasteiger partial charge is 0.221 e. The summed E-state index contributed by atoms with van der Waals surface area (Å²) in [5, 5.41) is 0. The Hall–Kier alpha value is -1.14. The lowest BCUT2D eigenvalue weighted by molar-refractivity contribution is -0.123. The second-order valence-electron chi connectivity index (χ2n) is 29.8. The summed E-state index contributed by atoms with van der Waals surface area (Å²) in [6.07, 6.45) is 15.8. The highest BCUT2D eigenvalue weighted by atomic mass is 32.2. The topological polar surface area (TPSA) is 86.2 Å². The molecule has 0 unspecified atom stereocenters. The molecule has 0 spiro atoms. The zero-order valence-corrected chi connectivity index (χ0v) is 50.4. The summed E-state index contributed by atoms with van der Waals surface area (Å²) < 4.78 is 0. The molecule has 1 aliphatic rings. The predicted octanol–water partition coefficient (Wildman–Crippen LogP) is 18.1. The molecule has 1 fully saturated rings. The lowest BCUT2D eigenvalue weighted by Gasteiger charge is -2.33. The van der Waals surface area contributed by atoms with Crippen molar-refractivity contribution in [2.24, 2.45) is 72.0 Å². The summed E-state index contributed by atoms with van der Waals surface area (Å²) in [4.78, 5) is 22.8. The molecule has 0 heterocycles. The van der Waals surface area contributed by atoms with E-state index in [0.717, 1.165) is 36.5 Å². The van der Waals surface area contributed by atoms with Crippen LogP contribution in [-0.2, 0) is 22.4 Å². The van der Waals surface area contributed by atoms with E-state index in [1.807, 2.05) is 23.5 Å². The van der Waals surface area contributed by atoms with Crippen LogP contribution < -0.4 is 11.5 Å². The number of carbonyl (C=O) groups excluding carboxylic acids is 2. The Bertz CT molecular complexity index is 1430. The maximum Gasteiger partial charge on any atom is 0.221 e. The van der Waals surface area contributed by atoms with Gasteiger partial charge in [0.15, 0.2) is 0 Å². The first-order valence-electron chi connectivity index (χ1n) is 26.2. The molecule has 2 amide bonds. The van der Waals surface area contributed by atoms with E-state index in [1.165, 1.54) is 70.0 Å². The summed E-state index contributed by atoms with van der Waals surface area (Å²) in [7, 11) is 0. The van der Waals surface area contributed by atoms with E-state index in [-0.39, 0.29) is 34.5 Å². The Kier molecular flexibility index (Phi) is 29.1. The van der Waals surface area contributed by atoms with Gasteiger partial charge in [0.1, 0.15) is 0 Å². The highest BCUT2D eigenvalue weighted by Crippen LogP contribution is 2.62. The van der Waals surface area contributed by atoms with E-state index in [0.29, 0.717) is 37.9 Å². The van der Waals surface area contributed by atoms with E-state index < -0.39 is 0 Å². The third-order valence-electron chi connectivity index (χ3n) is 12.6. The average molecular weight is 962 g/mol. The Balaban J connectivity index is 0. The normalized spacial score (nSPS) is 15.5. The van der Waals surface area contributed by atoms with Gasteiger partial charge in [-0.1, -0.05) is 190 Å². The molecule has 0 bridgehead atoms. The number of nitrogens with two attached hydrogens (primary N) is 2. The lowest BCUT2D eigenvalue weighted by atomic mass is 9.72. The first-order valence-corrected chi connectivity index (χ1v) is 28.5. The fraction of sp³-hybridized carbons (Fsp3) is 0.867. The minimum atomic E-state index is -0.150. The summed E-state index contributed by atoms with van der Waals surface area (Å²) in [6.45, 7) is 54.7. The highest BCUT2D eigenvalue weighted by molar-refractivity contribution is 7.99. The minimum Gasteiger partial charge on any atom is -0.369 e. The molecular formula is C60H116N2O2S2. The highest BCUT2D eigenvalue weighted by Gasteiger charge is 2.51. The van der Waals surface area contributed by atoms with Crippen molar-refractivity contribution in [3.05, 3.63) is 35.4 Å². The summed E-state index contributed by atoms with van der Waals surface area (Å²) in [5.41, 5.74) is 17.8. The Morgan fingerprint density at radius 3 is 1.14 bits per heavy atom. The average Bonchev–Trinajstić information content (AvgIpc) is 3.90. The van der Waals surface area contributed by atoms with Crippen LogP contribution in [0, 0.1) is 60.6 Å². The van der Waals surface area contributed by atoms with Crippen molar-refractivity contribution in [2.45, 2.75) is 250 Å². The van der Waals surface area contributed by atoms with Crippen LogP contribution in [0.15, 0.2) is 24.3 Å². The van der Waals surface area contributed by atoms with E-state index >= 15 is 0 Å². The summed E-state index contributed by atoms with van der Waals surface area (Å²) in [6, 6.07) is 8.98. The van der Waals surface area contributed by atoms with Gasteiger partial charge in [0.05, 0.1) is 0 Å². The number of carbonyl (C=O) groups is 2. The number of hydrogen-bond donors (Lipinski definition) is 2. The Morgan fingerprint density at radius 2 is 0.833 bits per heavy atom. The van der Waals surface area contributed by atoms with E-state index in [4.69, 9.17) is 11.5 Å². The van der Waals surface area contributed by atoms with Crippen LogP contribution in [0.5, 0.6) is 0 Å². The SMILES string of the molecule is CC(C)(C)CCC1(C(C)(C)C)CC1.CC(C)(C)CCSCC[C@@H](CC(C)(C)C)C(N)=O.CC(C)(C)CCSC[C@@H](CC(C)(C)C)C(N)=O.CC(C)(C)CCc1ccccc1CCC(C)(C)C. The molecule has 4 N–H and O–H groups in total. The zero-order valence-electron chi connectivity index (χ0n) is 48.8. The largest absolute Gasteiger partial charge is 0.369 e. The molecule has 2 rings (SSSR count). The van der Waals surface area contributed by atoms with Gasteiger partial charge in [-0.05, 0) is 161 Å². The summed E-state index contributed by atoms with van der Waals surface area (Å²) in [5.74, 6) is 3.95. The fourth-order valence-corrected chi connectivity index (χ4v) is 10.5. The number of primary amides is 2. The van der Waals surface area contributed by atoms with Crippen molar-refractivity contribution in [3.63, 3.8) is 0 Å². The number of benzene rings is 1. The van der Waals surface area contributed by atoms with Gasteiger partial charge in [0.25, 0.3) is 0 Å². The molecule has 1 aliphatic carbocycles. The molecule has 4 nitrogen and oxygen atoms in total. The molecule has 66 heavy (non-hydrogen) atoms. The molecule has 0 aromatic heterocycles. The van der Waals surface area contributed by atoms with E-state index in [9.17, 15) is 9.59 Å². The molecule has 2 atom stereocenters. The molecule has 0 radical (unpaired) electrons. The number of amides is 2. The van der Waals surface area contributed by atoms with Crippen molar-refractivity contribution < 1.29 is 9.59 Å². The van der Waals surface area contributed by atoms with Crippen LogP contribution in [0.1, 0.15) is 248 Å². The predicted molar refractivity (Wildman–Crippen MR) is 303 cm³/mol. The van der Waals surface area contributed by atoms with Crippen LogP contribution in [0.4, 0.5) is 0 Å². The number of rotatable bonds is 19. The zero-order chi connectivity index (χ0) is 52.2. The third-order valence-corrected chi connectivity index (χ3v) is 14.8. The van der Waals surface area contributed by atoms with Gasteiger partial charge < -0.3 is 11.5 Å². The molecular weight excluding hydrogens is 845 g/mol. The second kappa shape index (κ2) is 28.6. The monoisotopic (exact) mass is 961 g/mol. The van der Waals surface area contributed by atoms with Crippen LogP contribution in [0.25, 0.3) is 0 Å². The molecule has 0 aliphatic heterocycles. The molecule has 0 saturated heterocycles. The number of aryl methyl sites for hydroxylation is 2. The first-order chi connectivity index (χ1) is 29.4. The maximum absolute atomic E-state index is 11.4. The molecule has 1 saturated carbocycles. The molecule has 1 aromatic carbocycles. The Morgan fingerprint density at radius 1 is 0.485 bits per heavy atom. The molecule has 1 aromatic rings. The van der Waals surface area contributed by atoms with Gasteiger partial charge in [0, 0.05) is 17.6 Å². The van der Waals surface area contributed by atoms with Gasteiger partial charge in [0.2, 0.25) is 11.8 Å². The number of hydrogen-bond acceptors (Lipinski definition) is 4. The fourth-order valence-electron chi connectivity index (χ4n) is 7.58. The minimum absolute atomic E-state index is 0.0139. The van der Waals surface area contributed by atoms with E-state index in [2.05, 4.69) is 190 Å². The second-order valence-corrected chi connectivity index (χ2v) is 32.2. The third kappa shape index (κ3) is 39.7. The van der Waals surface area contributed by atoms with Crippen molar-refractivity contribution in [3.8, 4) is 0 Å². The van der Waals surface area contributed by atoms with Gasteiger partial charge in [-0.15, -0.1) is 0 Å². The van der Waals surface area contributed by atoms with Crippen LogP contribution in [0.2, 0.25) is 0 Å². The Labute approximate surface area is 422 Å². The quantitative estimate of drug-likeness (QED) is 0.135. The molecule has 6 heteroatoms. The first kappa shape index (κ1) is 66.9. The van der Waals surface area contributed by atoms with E-state index in [1.54, 1.807) is 11.1 Å². The maximum atomic E-state index is 11.4. The standard InChI is InChI=1S/C18H30.C15H31NOS.C14H29NOS.C13H26/c1-17(2,3)13-11-15-9-7-8-10-16(15)12-14-18(4,5)6;1-14(2,3)8-10-18-9-7-12(13(16)17)11-15(4,5)6;1-13(2,3)7-8-17-10-11(12(15)16)9-14(4,5)6;1-11(2,3)7-8-13(9-10-13)12(4,5)6/h7-10H,11-14H2,1-6H3;12H,7-11H2,1-6H3,(H2,16,17);11H,7-10H2,1-6H3,(H2,15,16);7-10H2,1-6H3/t;12-;11-;/m.01./s1. The lowest BCUT2D eigenvalue weighted by Crippen LogP contribution is -2.29. The van der Waals surface area contributed by atoms with Crippen molar-refractivity contribution in [2.75, 3.05) is 23.0 Å². The van der Waals surface area contributed by atoms with Gasteiger partial charge >= 0.3 is 0 Å². The van der Waals surface area contributed by atoms with Gasteiger partial charge in [-0.25, -0.2) is 0 Å². The number of thioether (sulfide) groups is 2. The van der Waals surface area contributed by atoms with Crippen molar-refractivity contribution >= 4 is 35.3 Å². The van der Waals surface area contributed by atoms with Crippen molar-refractivity contribution in [1.29, 1.82) is 0 Å². The van der Waals surface area contributed by atoms with Crippen LogP contribution in [0.3, 0.4) is 0 Å².